The Kier molecular flexibility index (Phi) is 3.95. The molecule has 82 valence electrons. The molecule has 0 spiro atoms. The van der Waals surface area contributed by atoms with E-state index in [0.29, 0.717) is 12.0 Å². The second-order valence-corrected chi connectivity index (χ2v) is 3.68. The van der Waals surface area contributed by atoms with Gasteiger partial charge in [0.05, 0.1) is 0 Å². The minimum atomic E-state index is -1.40. The summed E-state index contributed by atoms with van der Waals surface area (Å²) in [4.78, 5) is 0. The maximum atomic E-state index is 12.8. The number of allylic oxidation sites excluding steroid dienone is 1. The lowest BCUT2D eigenvalue weighted by atomic mass is 10.1. The Morgan fingerprint density at radius 1 is 1.20 bits per heavy atom. The zero-order chi connectivity index (χ0) is 11.4. The van der Waals surface area contributed by atoms with Crippen LogP contribution in [0.15, 0.2) is 24.3 Å². The fourth-order valence-corrected chi connectivity index (χ4v) is 1.35. The standard InChI is InChI=1S/C12H13F3/c1-8(2)4-3-5-9-6-10(13)12(15)11(14)7-9/h6-7H,1,3-5H2,2H3. The smallest absolute Gasteiger partial charge is 0.194 e. The van der Waals surface area contributed by atoms with Gasteiger partial charge in [0.25, 0.3) is 0 Å². The molecule has 0 atom stereocenters. The van der Waals surface area contributed by atoms with Gasteiger partial charge in [0.15, 0.2) is 17.5 Å². The summed E-state index contributed by atoms with van der Waals surface area (Å²) in [5, 5.41) is 0. The van der Waals surface area contributed by atoms with Crippen LogP contribution in [0.4, 0.5) is 13.2 Å². The molecule has 0 saturated carbocycles. The highest BCUT2D eigenvalue weighted by Gasteiger charge is 2.09. The Labute approximate surface area is 87.4 Å². The highest BCUT2D eigenvalue weighted by molar-refractivity contribution is 5.19. The van der Waals surface area contributed by atoms with Crippen LogP contribution in [0, 0.1) is 17.5 Å². The van der Waals surface area contributed by atoms with Crippen molar-refractivity contribution in [1.29, 1.82) is 0 Å². The van der Waals surface area contributed by atoms with Gasteiger partial charge in [0.1, 0.15) is 0 Å². The summed E-state index contributed by atoms with van der Waals surface area (Å²) in [5.41, 5.74) is 1.51. The van der Waals surface area contributed by atoms with Gasteiger partial charge in [-0.05, 0) is 43.9 Å². The number of halogens is 3. The molecule has 1 aromatic rings. The first kappa shape index (κ1) is 11.8. The fourth-order valence-electron chi connectivity index (χ4n) is 1.35. The van der Waals surface area contributed by atoms with Crippen LogP contribution in [-0.4, -0.2) is 0 Å². The summed E-state index contributed by atoms with van der Waals surface area (Å²) in [7, 11) is 0. The summed E-state index contributed by atoms with van der Waals surface area (Å²) in [5.74, 6) is -3.65. The zero-order valence-corrected chi connectivity index (χ0v) is 8.62. The van der Waals surface area contributed by atoms with Crippen molar-refractivity contribution < 1.29 is 13.2 Å². The summed E-state index contributed by atoms with van der Waals surface area (Å²) in [6.45, 7) is 5.62. The third kappa shape index (κ3) is 3.42. The van der Waals surface area contributed by atoms with Crippen LogP contribution in [0.3, 0.4) is 0 Å². The van der Waals surface area contributed by atoms with E-state index in [-0.39, 0.29) is 0 Å². The molecular weight excluding hydrogens is 201 g/mol. The van der Waals surface area contributed by atoms with Crippen LogP contribution < -0.4 is 0 Å². The topological polar surface area (TPSA) is 0 Å². The van der Waals surface area contributed by atoms with E-state index in [0.717, 1.165) is 30.5 Å². The minimum Gasteiger partial charge on any atom is -0.204 e. The Bertz CT molecular complexity index is 346. The van der Waals surface area contributed by atoms with Gasteiger partial charge in [-0.25, -0.2) is 13.2 Å². The average Bonchev–Trinajstić information content (AvgIpc) is 2.13. The van der Waals surface area contributed by atoms with E-state index in [4.69, 9.17) is 0 Å². The molecule has 0 radical (unpaired) electrons. The largest absolute Gasteiger partial charge is 0.204 e. The quantitative estimate of drug-likeness (QED) is 0.525. The Morgan fingerprint density at radius 3 is 2.20 bits per heavy atom. The van der Waals surface area contributed by atoms with Crippen LogP contribution >= 0.6 is 0 Å². The van der Waals surface area contributed by atoms with Crippen molar-refractivity contribution in [2.45, 2.75) is 26.2 Å². The average molecular weight is 214 g/mol. The molecule has 3 heteroatoms. The van der Waals surface area contributed by atoms with Crippen LogP contribution in [-0.2, 0) is 6.42 Å². The van der Waals surface area contributed by atoms with Crippen LogP contribution in [0.25, 0.3) is 0 Å². The Morgan fingerprint density at radius 2 is 1.73 bits per heavy atom. The van der Waals surface area contributed by atoms with E-state index in [2.05, 4.69) is 6.58 Å². The van der Waals surface area contributed by atoms with Gasteiger partial charge in [-0.1, -0.05) is 5.57 Å². The van der Waals surface area contributed by atoms with Crippen molar-refractivity contribution in [2.75, 3.05) is 0 Å². The third-order valence-electron chi connectivity index (χ3n) is 2.11. The molecule has 0 N–H and O–H groups in total. The van der Waals surface area contributed by atoms with E-state index in [9.17, 15) is 13.2 Å². The molecule has 0 amide bonds. The molecule has 0 saturated heterocycles. The number of aryl methyl sites for hydroxylation is 1. The molecule has 0 aliphatic carbocycles. The maximum absolute atomic E-state index is 12.8. The molecule has 0 aromatic heterocycles. The SMILES string of the molecule is C=C(C)CCCc1cc(F)c(F)c(F)c1. The van der Waals surface area contributed by atoms with Crippen molar-refractivity contribution >= 4 is 0 Å². The van der Waals surface area contributed by atoms with Crippen LogP contribution in [0.2, 0.25) is 0 Å². The molecule has 0 bridgehead atoms. The number of hydrogen-bond acceptors (Lipinski definition) is 0. The number of hydrogen-bond donors (Lipinski definition) is 0. The molecule has 0 aliphatic rings. The van der Waals surface area contributed by atoms with Gasteiger partial charge in [0.2, 0.25) is 0 Å². The summed E-state index contributed by atoms with van der Waals surface area (Å²) < 4.78 is 38.2. The molecule has 0 unspecified atom stereocenters. The first-order valence-electron chi connectivity index (χ1n) is 4.78. The van der Waals surface area contributed by atoms with Gasteiger partial charge in [-0.2, -0.15) is 0 Å². The molecule has 1 aromatic carbocycles. The fraction of sp³-hybridized carbons (Fsp3) is 0.333. The second kappa shape index (κ2) is 5.01. The van der Waals surface area contributed by atoms with Gasteiger partial charge in [-0.15, -0.1) is 6.58 Å². The second-order valence-electron chi connectivity index (χ2n) is 3.68. The van der Waals surface area contributed by atoms with Gasteiger partial charge < -0.3 is 0 Å². The van der Waals surface area contributed by atoms with E-state index >= 15 is 0 Å². The highest BCUT2D eigenvalue weighted by atomic mass is 19.2. The molecule has 1 rings (SSSR count). The molecule has 15 heavy (non-hydrogen) atoms. The van der Waals surface area contributed by atoms with Crippen molar-refractivity contribution in [3.63, 3.8) is 0 Å². The minimum absolute atomic E-state index is 0.479. The van der Waals surface area contributed by atoms with Crippen molar-refractivity contribution in [3.8, 4) is 0 Å². The Hall–Kier alpha value is -1.25. The Balaban J connectivity index is 2.66. The van der Waals surface area contributed by atoms with Crippen LogP contribution in [0.5, 0.6) is 0 Å². The van der Waals surface area contributed by atoms with E-state index in [1.54, 1.807) is 0 Å². The normalized spacial score (nSPS) is 10.4. The van der Waals surface area contributed by atoms with Crippen LogP contribution in [0.1, 0.15) is 25.3 Å². The van der Waals surface area contributed by atoms with Crippen molar-refractivity contribution in [2.24, 2.45) is 0 Å². The summed E-state index contributed by atoms with van der Waals surface area (Å²) in [6, 6.07) is 2.08. The predicted molar refractivity (Wildman–Crippen MR) is 54.1 cm³/mol. The molecular formula is C12H13F3. The van der Waals surface area contributed by atoms with Gasteiger partial charge in [0, 0.05) is 0 Å². The lowest BCUT2D eigenvalue weighted by Gasteiger charge is -2.03. The number of benzene rings is 1. The van der Waals surface area contributed by atoms with E-state index in [1.165, 1.54) is 0 Å². The lowest BCUT2D eigenvalue weighted by Crippen LogP contribution is -1.95. The van der Waals surface area contributed by atoms with Gasteiger partial charge >= 0.3 is 0 Å². The molecule has 0 nitrogen and oxygen atoms in total. The summed E-state index contributed by atoms with van der Waals surface area (Å²) in [6.07, 6.45) is 2.10. The summed E-state index contributed by atoms with van der Waals surface area (Å²) >= 11 is 0. The van der Waals surface area contributed by atoms with E-state index in [1.807, 2.05) is 6.92 Å². The first-order valence-corrected chi connectivity index (χ1v) is 4.78. The maximum Gasteiger partial charge on any atom is 0.194 e. The van der Waals surface area contributed by atoms with Crippen molar-refractivity contribution in [3.05, 3.63) is 47.3 Å². The molecule has 0 heterocycles. The zero-order valence-electron chi connectivity index (χ0n) is 8.62. The van der Waals surface area contributed by atoms with E-state index < -0.39 is 17.5 Å². The molecule has 0 aliphatic heterocycles. The predicted octanol–water partition coefficient (Wildman–Crippen LogP) is 4.00. The monoisotopic (exact) mass is 214 g/mol. The lowest BCUT2D eigenvalue weighted by molar-refractivity contribution is 0.445. The molecule has 0 fully saturated rings. The number of rotatable bonds is 4. The highest BCUT2D eigenvalue weighted by Crippen LogP contribution is 2.16. The first-order chi connectivity index (χ1) is 7.00. The van der Waals surface area contributed by atoms with Gasteiger partial charge in [-0.3, -0.25) is 0 Å². The third-order valence-corrected chi connectivity index (χ3v) is 2.11. The van der Waals surface area contributed by atoms with Crippen molar-refractivity contribution in [1.82, 2.24) is 0 Å².